The van der Waals surface area contributed by atoms with Crippen LogP contribution in [0.3, 0.4) is 0 Å². The van der Waals surface area contributed by atoms with Gasteiger partial charge in [-0.25, -0.2) is 0 Å². The smallest absolute Gasteiger partial charge is 0.361 e. The summed E-state index contributed by atoms with van der Waals surface area (Å²) in [5.41, 5.74) is 2.55. The van der Waals surface area contributed by atoms with Crippen LogP contribution in [0.1, 0.15) is 16.7 Å². The van der Waals surface area contributed by atoms with Gasteiger partial charge in [0.05, 0.1) is 26.4 Å². The van der Waals surface area contributed by atoms with Crippen molar-refractivity contribution in [1.82, 2.24) is 0 Å². The van der Waals surface area contributed by atoms with Crippen molar-refractivity contribution in [3.8, 4) is 0 Å². The zero-order chi connectivity index (χ0) is 27.9. The van der Waals surface area contributed by atoms with Crippen LogP contribution >= 0.6 is 7.60 Å². The van der Waals surface area contributed by atoms with Gasteiger partial charge in [-0.15, -0.1) is 0 Å². The first-order valence-corrected chi connectivity index (χ1v) is 14.0. The van der Waals surface area contributed by atoms with E-state index in [-0.39, 0.29) is 32.9 Å². The number of aliphatic hydroxyl groups excluding tert-OH is 1. The average Bonchev–Trinajstić information content (AvgIpc) is 2.99. The molecule has 0 aliphatic carbocycles. The Kier molecular flexibility index (Phi) is 12.8. The van der Waals surface area contributed by atoms with Crippen LogP contribution in [0.5, 0.6) is 0 Å². The van der Waals surface area contributed by atoms with Crippen LogP contribution < -0.4 is 0 Å². The molecule has 39 heavy (non-hydrogen) atoms. The third kappa shape index (κ3) is 9.37. The van der Waals surface area contributed by atoms with Gasteiger partial charge in [0.1, 0.15) is 12.2 Å². The van der Waals surface area contributed by atoms with Crippen molar-refractivity contribution in [2.75, 3.05) is 20.8 Å². The van der Waals surface area contributed by atoms with E-state index >= 15 is 0 Å². The number of hydrogen-bond acceptors (Lipinski definition) is 9. The van der Waals surface area contributed by atoms with Crippen molar-refractivity contribution >= 4 is 14.1 Å². The second kappa shape index (κ2) is 16.3. The summed E-state index contributed by atoms with van der Waals surface area (Å²) in [6.07, 6.45) is -3.46. The normalized spacial score (nSPS) is 14.7. The lowest BCUT2D eigenvalue weighted by molar-refractivity contribution is -0.181. The molecule has 1 unspecified atom stereocenters. The van der Waals surface area contributed by atoms with Crippen molar-refractivity contribution in [1.29, 1.82) is 0 Å². The summed E-state index contributed by atoms with van der Waals surface area (Å²) in [5.74, 6) is -1.77. The molecule has 1 N–H and O–H groups in total. The molecule has 3 rings (SSSR count). The average molecular weight is 559 g/mol. The van der Waals surface area contributed by atoms with Gasteiger partial charge in [-0.05, 0) is 16.7 Å². The van der Waals surface area contributed by atoms with Gasteiger partial charge >= 0.3 is 7.60 Å². The molecule has 0 fully saturated rings. The molecule has 0 aromatic heterocycles. The molecule has 9 nitrogen and oxygen atoms in total. The summed E-state index contributed by atoms with van der Waals surface area (Å²) in [7, 11) is -1.72. The van der Waals surface area contributed by atoms with Crippen molar-refractivity contribution in [2.45, 2.75) is 44.0 Å². The van der Waals surface area contributed by atoms with E-state index < -0.39 is 31.8 Å². The van der Waals surface area contributed by atoms with Crippen LogP contribution in [0.4, 0.5) is 0 Å². The molecule has 210 valence electrons. The second-order valence-corrected chi connectivity index (χ2v) is 11.0. The summed E-state index contributed by atoms with van der Waals surface area (Å²) in [5, 5.41) is 11.3. The molecule has 4 atom stereocenters. The Morgan fingerprint density at radius 1 is 0.718 bits per heavy atom. The Hall–Kier alpha value is -2.88. The molecule has 0 aliphatic rings. The third-order valence-electron chi connectivity index (χ3n) is 6.01. The molecular formula is C29H35O9P. The monoisotopic (exact) mass is 558 g/mol. The molecular weight excluding hydrogens is 523 g/mol. The van der Waals surface area contributed by atoms with E-state index in [1.807, 2.05) is 91.0 Å². The van der Waals surface area contributed by atoms with Crippen LogP contribution in [0.15, 0.2) is 91.0 Å². The Morgan fingerprint density at radius 3 is 1.59 bits per heavy atom. The fourth-order valence-corrected chi connectivity index (χ4v) is 5.11. The zero-order valence-electron chi connectivity index (χ0n) is 22.0. The molecule has 3 aromatic carbocycles. The summed E-state index contributed by atoms with van der Waals surface area (Å²) in [6.45, 7) is 0.570. The van der Waals surface area contributed by atoms with Crippen LogP contribution in [0.2, 0.25) is 0 Å². The molecule has 10 heteroatoms. The van der Waals surface area contributed by atoms with Gasteiger partial charge in [0.25, 0.3) is 6.47 Å². The highest BCUT2D eigenvalue weighted by molar-refractivity contribution is 7.54. The summed E-state index contributed by atoms with van der Waals surface area (Å²) in [4.78, 5) is 11.6. The highest BCUT2D eigenvalue weighted by atomic mass is 31.2. The number of rotatable bonds is 18. The number of ether oxygens (including phenoxy) is 4. The molecule has 0 aliphatic heterocycles. The zero-order valence-corrected chi connectivity index (χ0v) is 22.9. The van der Waals surface area contributed by atoms with E-state index in [9.17, 15) is 14.5 Å². The van der Waals surface area contributed by atoms with Crippen LogP contribution in [-0.2, 0) is 57.2 Å². The van der Waals surface area contributed by atoms with Gasteiger partial charge in [0.2, 0.25) is 0 Å². The summed E-state index contributed by atoms with van der Waals surface area (Å²) < 4.78 is 47.1. The molecule has 0 saturated carbocycles. The second-order valence-electron chi connectivity index (χ2n) is 8.61. The quantitative estimate of drug-likeness (QED) is 0.175. The lowest BCUT2D eigenvalue weighted by Crippen LogP contribution is -2.50. The highest BCUT2D eigenvalue weighted by Gasteiger charge is 2.47. The van der Waals surface area contributed by atoms with Crippen LogP contribution in [0.25, 0.3) is 0 Å². The first-order valence-electron chi connectivity index (χ1n) is 12.4. The van der Waals surface area contributed by atoms with Crippen LogP contribution in [-0.4, -0.2) is 56.6 Å². The van der Waals surface area contributed by atoms with Gasteiger partial charge in [0.15, 0.2) is 11.9 Å². The van der Waals surface area contributed by atoms with E-state index in [0.29, 0.717) is 0 Å². The van der Waals surface area contributed by atoms with Crippen LogP contribution in [0, 0.1) is 0 Å². The van der Waals surface area contributed by atoms with Gasteiger partial charge < -0.3 is 33.1 Å². The fraction of sp³-hybridized carbons (Fsp3) is 0.345. The van der Waals surface area contributed by atoms with Gasteiger partial charge in [0, 0.05) is 14.2 Å². The first kappa shape index (κ1) is 30.7. The minimum absolute atomic E-state index is 0.0415. The Bertz CT molecular complexity index is 1120. The van der Waals surface area contributed by atoms with Gasteiger partial charge in [-0.2, -0.15) is 0 Å². The Balaban J connectivity index is 1.91. The number of benzene rings is 3. The standard InChI is InChI=1S/C29H35O9P/c1-33-39(32,34-2)29(31)28(37-20-25-16-10-5-11-17-25)27(36-19-24-14-8-4-9-15-24)26(38-22-30)21-35-18-23-12-6-3-7-13-23/h3-17,22,26-29,31H,18-21H2,1-2H3/t26-,27-,28+,29?/m1/s1. The lowest BCUT2D eigenvalue weighted by atomic mass is 10.1. The number of carbonyl (C=O) groups is 1. The maximum atomic E-state index is 13.3. The Labute approximate surface area is 229 Å². The molecule has 3 aromatic rings. The van der Waals surface area contributed by atoms with E-state index in [0.717, 1.165) is 16.7 Å². The molecule has 0 bridgehead atoms. The topological polar surface area (TPSA) is 110 Å². The van der Waals surface area contributed by atoms with Crippen molar-refractivity contribution in [3.63, 3.8) is 0 Å². The predicted molar refractivity (Wildman–Crippen MR) is 145 cm³/mol. The summed E-state index contributed by atoms with van der Waals surface area (Å²) >= 11 is 0. The van der Waals surface area contributed by atoms with Crippen molar-refractivity contribution < 1.29 is 42.5 Å². The first-order chi connectivity index (χ1) is 19.0. The van der Waals surface area contributed by atoms with E-state index in [1.54, 1.807) is 0 Å². The van der Waals surface area contributed by atoms with E-state index in [2.05, 4.69) is 0 Å². The van der Waals surface area contributed by atoms with Gasteiger partial charge in [-0.3, -0.25) is 9.36 Å². The fourth-order valence-electron chi connectivity index (χ4n) is 3.92. The maximum absolute atomic E-state index is 13.3. The summed E-state index contributed by atoms with van der Waals surface area (Å²) in [6, 6.07) is 28.1. The molecule has 0 amide bonds. The number of aliphatic hydroxyl groups is 1. The SMILES string of the molecule is COP(=O)(OC)C(O)[C@@H](OCc1ccccc1)[C@H](OCc1ccccc1)[C@@H](COCc1ccccc1)OC=O. The molecule has 0 saturated heterocycles. The van der Waals surface area contributed by atoms with Crippen molar-refractivity contribution in [3.05, 3.63) is 108 Å². The molecule has 0 heterocycles. The lowest BCUT2D eigenvalue weighted by Gasteiger charge is -2.36. The van der Waals surface area contributed by atoms with Crippen molar-refractivity contribution in [2.24, 2.45) is 0 Å². The number of carbonyl (C=O) groups excluding carboxylic acids is 1. The van der Waals surface area contributed by atoms with Gasteiger partial charge in [-0.1, -0.05) is 91.0 Å². The van der Waals surface area contributed by atoms with E-state index in [1.165, 1.54) is 14.2 Å². The largest absolute Gasteiger partial charge is 0.459 e. The minimum Gasteiger partial charge on any atom is -0.459 e. The van der Waals surface area contributed by atoms with E-state index in [4.69, 9.17) is 28.0 Å². The minimum atomic E-state index is -4.07. The molecule has 0 radical (unpaired) electrons. The predicted octanol–water partition coefficient (Wildman–Crippen LogP) is 4.72. The highest BCUT2D eigenvalue weighted by Crippen LogP contribution is 2.53. The molecule has 0 spiro atoms. The number of hydrogen-bond donors (Lipinski definition) is 1. The Morgan fingerprint density at radius 2 is 1.15 bits per heavy atom. The maximum Gasteiger partial charge on any atom is 0.361 e. The third-order valence-corrected chi connectivity index (χ3v) is 7.97.